The van der Waals surface area contributed by atoms with E-state index >= 15 is 0 Å². The van der Waals surface area contributed by atoms with Crippen LogP contribution in [0, 0.1) is 0 Å². The van der Waals surface area contributed by atoms with Crippen molar-refractivity contribution in [2.45, 2.75) is 46.2 Å². The standard InChI is InChI=1S/C22H29N5O2S/c1-14(2)17-9-11-19(12-10-17)25-22(30)27-26-20(28)18-7-5-16(6-8-18)13-23-21(29)24-15(3)4/h5-12,14-15H,13H2,1-4H3,(H,26,28)(H2,23,24,29)(H2,25,27,30). The lowest BCUT2D eigenvalue weighted by Crippen LogP contribution is -2.43. The van der Waals surface area contributed by atoms with Crippen molar-refractivity contribution in [1.82, 2.24) is 21.5 Å². The van der Waals surface area contributed by atoms with E-state index in [1.807, 2.05) is 38.1 Å². The highest BCUT2D eigenvalue weighted by Crippen LogP contribution is 2.16. The molecular formula is C22H29N5O2S. The van der Waals surface area contributed by atoms with Crippen LogP contribution >= 0.6 is 12.2 Å². The predicted octanol–water partition coefficient (Wildman–Crippen LogP) is 3.65. The Morgan fingerprint density at radius 1 is 0.900 bits per heavy atom. The van der Waals surface area contributed by atoms with E-state index in [4.69, 9.17) is 12.2 Å². The van der Waals surface area contributed by atoms with Crippen molar-refractivity contribution >= 4 is 35.0 Å². The second kappa shape index (κ2) is 11.2. The van der Waals surface area contributed by atoms with Crippen molar-refractivity contribution in [3.8, 4) is 0 Å². The van der Waals surface area contributed by atoms with Crippen molar-refractivity contribution in [3.63, 3.8) is 0 Å². The number of carbonyl (C=O) groups is 2. The first-order valence-corrected chi connectivity index (χ1v) is 10.3. The molecule has 0 spiro atoms. The van der Waals surface area contributed by atoms with Crippen molar-refractivity contribution in [2.75, 3.05) is 5.32 Å². The number of amides is 3. The first kappa shape index (κ1) is 23.2. The molecule has 0 aromatic heterocycles. The lowest BCUT2D eigenvalue weighted by Gasteiger charge is -2.13. The number of hydrogen-bond donors (Lipinski definition) is 5. The van der Waals surface area contributed by atoms with Crippen LogP contribution in [0.1, 0.15) is 55.1 Å². The summed E-state index contributed by atoms with van der Waals surface area (Å²) in [6.45, 7) is 8.44. The third-order valence-electron chi connectivity index (χ3n) is 4.21. The highest BCUT2D eigenvalue weighted by molar-refractivity contribution is 7.80. The summed E-state index contributed by atoms with van der Waals surface area (Å²) in [5.41, 5.74) is 8.71. The zero-order chi connectivity index (χ0) is 22.1. The molecule has 2 rings (SSSR count). The van der Waals surface area contributed by atoms with E-state index in [2.05, 4.69) is 40.6 Å². The Kier molecular flexibility index (Phi) is 8.61. The van der Waals surface area contributed by atoms with Gasteiger partial charge in [0.2, 0.25) is 0 Å². The largest absolute Gasteiger partial charge is 0.336 e. The van der Waals surface area contributed by atoms with Gasteiger partial charge in [-0.3, -0.25) is 15.6 Å². The molecule has 160 valence electrons. The van der Waals surface area contributed by atoms with Crippen LogP contribution < -0.4 is 26.8 Å². The Balaban J connectivity index is 1.78. The van der Waals surface area contributed by atoms with Crippen molar-refractivity contribution in [2.24, 2.45) is 0 Å². The smallest absolute Gasteiger partial charge is 0.315 e. The molecule has 0 radical (unpaired) electrons. The SMILES string of the molecule is CC(C)NC(=O)NCc1ccc(C(=O)NNC(=S)Nc2ccc(C(C)C)cc2)cc1. The van der Waals surface area contributed by atoms with Gasteiger partial charge >= 0.3 is 6.03 Å². The summed E-state index contributed by atoms with van der Waals surface area (Å²) < 4.78 is 0. The molecule has 2 aromatic rings. The van der Waals surface area contributed by atoms with Crippen LogP contribution in [0.5, 0.6) is 0 Å². The van der Waals surface area contributed by atoms with Gasteiger partial charge in [-0.05, 0) is 67.4 Å². The Labute approximate surface area is 183 Å². The van der Waals surface area contributed by atoms with Crippen LogP contribution in [0.2, 0.25) is 0 Å². The maximum Gasteiger partial charge on any atom is 0.315 e. The Bertz CT molecular complexity index is 864. The van der Waals surface area contributed by atoms with Crippen molar-refractivity contribution in [1.29, 1.82) is 0 Å². The maximum absolute atomic E-state index is 12.3. The Hall–Kier alpha value is -3.13. The fraction of sp³-hybridized carbons (Fsp3) is 0.318. The average Bonchev–Trinajstić information content (AvgIpc) is 2.71. The van der Waals surface area contributed by atoms with Crippen molar-refractivity contribution < 1.29 is 9.59 Å². The molecule has 30 heavy (non-hydrogen) atoms. The number of hydrazine groups is 1. The Morgan fingerprint density at radius 2 is 1.53 bits per heavy atom. The van der Waals surface area contributed by atoms with Crippen LogP contribution in [0.3, 0.4) is 0 Å². The average molecular weight is 428 g/mol. The number of benzene rings is 2. The van der Waals surface area contributed by atoms with Crippen LogP contribution in [0.25, 0.3) is 0 Å². The highest BCUT2D eigenvalue weighted by Gasteiger charge is 2.07. The van der Waals surface area contributed by atoms with Gasteiger partial charge in [-0.2, -0.15) is 0 Å². The molecule has 0 saturated heterocycles. The number of rotatable bonds is 6. The van der Waals surface area contributed by atoms with Crippen LogP contribution in [0.4, 0.5) is 10.5 Å². The number of carbonyl (C=O) groups excluding carboxylic acids is 2. The van der Waals surface area contributed by atoms with Gasteiger partial charge in [0.1, 0.15) is 0 Å². The van der Waals surface area contributed by atoms with Gasteiger partial charge in [-0.1, -0.05) is 38.1 Å². The second-order valence-electron chi connectivity index (χ2n) is 7.49. The molecule has 0 atom stereocenters. The van der Waals surface area contributed by atoms with Gasteiger partial charge in [0, 0.05) is 23.8 Å². The lowest BCUT2D eigenvalue weighted by atomic mass is 10.0. The van der Waals surface area contributed by atoms with E-state index in [0.717, 1.165) is 11.3 Å². The molecule has 8 heteroatoms. The quantitative estimate of drug-likeness (QED) is 0.358. The molecule has 0 bridgehead atoms. The zero-order valence-corrected chi connectivity index (χ0v) is 18.5. The van der Waals surface area contributed by atoms with Crippen LogP contribution in [-0.4, -0.2) is 23.1 Å². The first-order valence-electron chi connectivity index (χ1n) is 9.85. The first-order chi connectivity index (χ1) is 14.2. The molecule has 0 aliphatic carbocycles. The number of hydrogen-bond acceptors (Lipinski definition) is 3. The van der Waals surface area contributed by atoms with E-state index in [0.29, 0.717) is 18.0 Å². The topological polar surface area (TPSA) is 94.3 Å². The van der Waals surface area contributed by atoms with E-state index in [-0.39, 0.29) is 23.1 Å². The molecule has 0 aliphatic heterocycles. The molecule has 0 saturated carbocycles. The molecule has 3 amide bonds. The molecule has 0 heterocycles. The normalized spacial score (nSPS) is 10.5. The summed E-state index contributed by atoms with van der Waals surface area (Å²) in [5.74, 6) is 0.147. The van der Waals surface area contributed by atoms with E-state index in [9.17, 15) is 9.59 Å². The van der Waals surface area contributed by atoms with Gasteiger partial charge in [0.15, 0.2) is 5.11 Å². The van der Waals surface area contributed by atoms with Gasteiger partial charge in [-0.15, -0.1) is 0 Å². The molecule has 2 aromatic carbocycles. The van der Waals surface area contributed by atoms with Gasteiger partial charge in [0.25, 0.3) is 5.91 Å². The third-order valence-corrected chi connectivity index (χ3v) is 4.42. The zero-order valence-electron chi connectivity index (χ0n) is 17.7. The minimum atomic E-state index is -0.314. The summed E-state index contributed by atoms with van der Waals surface area (Å²) in [7, 11) is 0. The van der Waals surface area contributed by atoms with Crippen LogP contribution in [-0.2, 0) is 6.54 Å². The molecule has 0 unspecified atom stereocenters. The predicted molar refractivity (Wildman–Crippen MR) is 124 cm³/mol. The summed E-state index contributed by atoms with van der Waals surface area (Å²) >= 11 is 5.22. The fourth-order valence-electron chi connectivity index (χ4n) is 2.57. The van der Waals surface area contributed by atoms with E-state index in [1.165, 1.54) is 5.56 Å². The van der Waals surface area contributed by atoms with Gasteiger partial charge < -0.3 is 16.0 Å². The van der Waals surface area contributed by atoms with E-state index < -0.39 is 0 Å². The fourth-order valence-corrected chi connectivity index (χ4v) is 2.74. The highest BCUT2D eigenvalue weighted by atomic mass is 32.1. The number of urea groups is 1. The second-order valence-corrected chi connectivity index (χ2v) is 7.90. The third kappa shape index (κ3) is 7.71. The van der Waals surface area contributed by atoms with E-state index in [1.54, 1.807) is 24.3 Å². The minimum absolute atomic E-state index is 0.0727. The monoisotopic (exact) mass is 427 g/mol. The molecule has 0 fully saturated rings. The molecule has 7 nitrogen and oxygen atoms in total. The molecule has 0 aliphatic rings. The number of thiocarbonyl (C=S) groups is 1. The summed E-state index contributed by atoms with van der Waals surface area (Å²) in [6, 6.07) is 14.8. The van der Waals surface area contributed by atoms with Gasteiger partial charge in [-0.25, -0.2) is 4.79 Å². The number of anilines is 1. The molecular weight excluding hydrogens is 398 g/mol. The maximum atomic E-state index is 12.3. The lowest BCUT2D eigenvalue weighted by molar-refractivity contribution is 0.0944. The number of nitrogens with one attached hydrogen (secondary N) is 5. The van der Waals surface area contributed by atoms with Crippen molar-refractivity contribution in [3.05, 3.63) is 65.2 Å². The van der Waals surface area contributed by atoms with Gasteiger partial charge in [0.05, 0.1) is 0 Å². The summed E-state index contributed by atoms with van der Waals surface area (Å²) in [5, 5.41) is 8.83. The minimum Gasteiger partial charge on any atom is -0.336 e. The van der Waals surface area contributed by atoms with Crippen LogP contribution in [0.15, 0.2) is 48.5 Å². The summed E-state index contributed by atoms with van der Waals surface area (Å²) in [4.78, 5) is 23.9. The molecule has 5 N–H and O–H groups in total. The Morgan fingerprint density at radius 3 is 2.10 bits per heavy atom. The summed E-state index contributed by atoms with van der Waals surface area (Å²) in [6.07, 6.45) is 0.